The number of aromatic nitrogens is 2. The fourth-order valence-electron chi connectivity index (χ4n) is 2.50. The Hall–Kier alpha value is -1.81. The van der Waals surface area contributed by atoms with Gasteiger partial charge in [0, 0.05) is 24.3 Å². The first-order valence-corrected chi connectivity index (χ1v) is 6.38. The number of para-hydroxylation sites is 1. The van der Waals surface area contributed by atoms with Crippen LogP contribution in [0.1, 0.15) is 18.5 Å². The maximum Gasteiger partial charge on any atom is 0.0945 e. The van der Waals surface area contributed by atoms with Crippen LogP contribution in [-0.4, -0.2) is 28.4 Å². The summed E-state index contributed by atoms with van der Waals surface area (Å²) in [5, 5.41) is 16.2. The molecular weight excluding hydrogens is 226 g/mol. The van der Waals surface area contributed by atoms with E-state index in [1.807, 2.05) is 12.1 Å². The fraction of sp³-hybridized carbons (Fsp3) is 0.357. The number of aromatic amines is 1. The van der Waals surface area contributed by atoms with Gasteiger partial charge in [-0.15, -0.1) is 0 Å². The molecule has 0 amide bonds. The van der Waals surface area contributed by atoms with Crippen molar-refractivity contribution >= 4 is 5.69 Å². The predicted octanol–water partition coefficient (Wildman–Crippen LogP) is 2.17. The third kappa shape index (κ3) is 1.99. The molecule has 2 heterocycles. The zero-order valence-electron chi connectivity index (χ0n) is 10.3. The summed E-state index contributed by atoms with van der Waals surface area (Å²) in [6, 6.07) is 10.2. The van der Waals surface area contributed by atoms with Crippen molar-refractivity contribution in [3.05, 3.63) is 36.0 Å². The highest BCUT2D eigenvalue weighted by molar-refractivity contribution is 5.76. The Morgan fingerprint density at radius 3 is 2.72 bits per heavy atom. The summed E-state index contributed by atoms with van der Waals surface area (Å²) in [7, 11) is 0. The zero-order valence-corrected chi connectivity index (χ0v) is 10.3. The summed E-state index contributed by atoms with van der Waals surface area (Å²) in [4.78, 5) is 2.41. The number of anilines is 1. The van der Waals surface area contributed by atoms with Crippen molar-refractivity contribution in [3.63, 3.8) is 0 Å². The predicted molar refractivity (Wildman–Crippen MR) is 71.4 cm³/mol. The molecule has 0 bridgehead atoms. The molecule has 1 aliphatic rings. The van der Waals surface area contributed by atoms with Gasteiger partial charge in [0.05, 0.1) is 18.0 Å². The quantitative estimate of drug-likeness (QED) is 0.868. The van der Waals surface area contributed by atoms with E-state index >= 15 is 0 Å². The molecule has 0 atom stereocenters. The molecule has 4 heteroatoms. The van der Waals surface area contributed by atoms with Crippen molar-refractivity contribution < 1.29 is 5.11 Å². The van der Waals surface area contributed by atoms with Crippen LogP contribution in [-0.2, 0) is 6.61 Å². The van der Waals surface area contributed by atoms with Crippen LogP contribution in [0.15, 0.2) is 30.3 Å². The average molecular weight is 243 g/mol. The molecular formula is C14H17N3O. The van der Waals surface area contributed by atoms with Crippen molar-refractivity contribution in [1.29, 1.82) is 0 Å². The molecule has 2 N–H and O–H groups in total. The summed E-state index contributed by atoms with van der Waals surface area (Å²) >= 11 is 0. The van der Waals surface area contributed by atoms with E-state index in [0.717, 1.165) is 30.0 Å². The Labute approximate surface area is 106 Å². The first kappa shape index (κ1) is 11.3. The van der Waals surface area contributed by atoms with E-state index in [1.54, 1.807) is 0 Å². The van der Waals surface area contributed by atoms with Crippen LogP contribution in [0.25, 0.3) is 11.3 Å². The molecule has 1 saturated heterocycles. The van der Waals surface area contributed by atoms with Crippen molar-refractivity contribution in [3.8, 4) is 11.3 Å². The number of aliphatic hydroxyl groups is 1. The van der Waals surface area contributed by atoms with E-state index < -0.39 is 0 Å². The minimum Gasteiger partial charge on any atom is -0.390 e. The summed E-state index contributed by atoms with van der Waals surface area (Å²) in [5.41, 5.74) is 4.03. The van der Waals surface area contributed by atoms with Gasteiger partial charge < -0.3 is 10.0 Å². The molecule has 3 rings (SSSR count). The molecule has 1 aliphatic heterocycles. The molecule has 94 valence electrons. The molecule has 4 nitrogen and oxygen atoms in total. The fourth-order valence-corrected chi connectivity index (χ4v) is 2.50. The van der Waals surface area contributed by atoms with Gasteiger partial charge in [0.2, 0.25) is 0 Å². The lowest BCUT2D eigenvalue weighted by Gasteiger charge is -2.20. The highest BCUT2D eigenvalue weighted by Crippen LogP contribution is 2.31. The number of nitrogens with zero attached hydrogens (tertiary/aromatic N) is 2. The van der Waals surface area contributed by atoms with Gasteiger partial charge in [-0.3, -0.25) is 5.10 Å². The minimum absolute atomic E-state index is 0.00111. The summed E-state index contributed by atoms with van der Waals surface area (Å²) in [5.74, 6) is 0. The number of nitrogens with one attached hydrogen (secondary N) is 1. The van der Waals surface area contributed by atoms with Crippen LogP contribution in [0, 0.1) is 0 Å². The van der Waals surface area contributed by atoms with Gasteiger partial charge in [-0.25, -0.2) is 0 Å². The number of H-pyrrole nitrogens is 1. The van der Waals surface area contributed by atoms with E-state index in [9.17, 15) is 0 Å². The lowest BCUT2D eigenvalue weighted by atomic mass is 10.1. The molecule has 0 spiro atoms. The van der Waals surface area contributed by atoms with Crippen LogP contribution in [0.4, 0.5) is 5.69 Å². The van der Waals surface area contributed by atoms with Gasteiger partial charge in [0.1, 0.15) is 0 Å². The Bertz CT molecular complexity index is 529. The van der Waals surface area contributed by atoms with Gasteiger partial charge >= 0.3 is 0 Å². The van der Waals surface area contributed by atoms with Gasteiger partial charge in [0.15, 0.2) is 0 Å². The highest BCUT2D eigenvalue weighted by Gasteiger charge is 2.17. The van der Waals surface area contributed by atoms with E-state index in [1.165, 1.54) is 18.5 Å². The van der Waals surface area contributed by atoms with Crippen LogP contribution >= 0.6 is 0 Å². The Morgan fingerprint density at radius 1 is 1.22 bits per heavy atom. The van der Waals surface area contributed by atoms with Gasteiger partial charge in [-0.05, 0) is 25.0 Å². The molecule has 0 aliphatic carbocycles. The number of hydrogen-bond donors (Lipinski definition) is 2. The van der Waals surface area contributed by atoms with Gasteiger partial charge in [-0.2, -0.15) is 5.10 Å². The summed E-state index contributed by atoms with van der Waals surface area (Å²) in [6.07, 6.45) is 2.52. The second kappa shape index (κ2) is 4.82. The zero-order chi connectivity index (χ0) is 12.4. The maximum absolute atomic E-state index is 9.10. The molecule has 2 aromatic rings. The molecule has 1 fully saturated rings. The molecule has 1 aromatic carbocycles. The number of aliphatic hydroxyl groups excluding tert-OH is 1. The summed E-state index contributed by atoms with van der Waals surface area (Å²) in [6.45, 7) is 2.24. The largest absolute Gasteiger partial charge is 0.390 e. The summed E-state index contributed by atoms with van der Waals surface area (Å²) < 4.78 is 0. The number of hydrogen-bond acceptors (Lipinski definition) is 3. The van der Waals surface area contributed by atoms with Crippen molar-refractivity contribution in [2.75, 3.05) is 18.0 Å². The Kier molecular flexibility index (Phi) is 3.02. The monoisotopic (exact) mass is 243 g/mol. The molecule has 18 heavy (non-hydrogen) atoms. The van der Waals surface area contributed by atoms with Crippen LogP contribution in [0.5, 0.6) is 0 Å². The second-order valence-corrected chi connectivity index (χ2v) is 4.65. The molecule has 0 saturated carbocycles. The SMILES string of the molecule is OCc1cc(-c2ccccc2N2CCCC2)n[nH]1. The standard InChI is InChI=1S/C14H17N3O/c18-10-11-9-13(16-15-11)12-5-1-2-6-14(12)17-7-3-4-8-17/h1-2,5-6,9,18H,3-4,7-8,10H2,(H,15,16). The Balaban J connectivity index is 2.00. The number of rotatable bonds is 3. The number of benzene rings is 1. The third-order valence-corrected chi connectivity index (χ3v) is 3.43. The molecule has 1 aromatic heterocycles. The topological polar surface area (TPSA) is 52.1 Å². The first-order chi connectivity index (χ1) is 8.88. The van der Waals surface area contributed by atoms with E-state index in [2.05, 4.69) is 33.3 Å². The van der Waals surface area contributed by atoms with Crippen LogP contribution in [0.3, 0.4) is 0 Å². The van der Waals surface area contributed by atoms with Crippen LogP contribution < -0.4 is 4.90 Å². The van der Waals surface area contributed by atoms with E-state index in [4.69, 9.17) is 5.11 Å². The lowest BCUT2D eigenvalue weighted by molar-refractivity contribution is 0.276. The maximum atomic E-state index is 9.10. The van der Waals surface area contributed by atoms with Crippen LogP contribution in [0.2, 0.25) is 0 Å². The molecule has 0 unspecified atom stereocenters. The Morgan fingerprint density at radius 2 is 2.00 bits per heavy atom. The van der Waals surface area contributed by atoms with E-state index in [0.29, 0.717) is 0 Å². The molecule has 0 radical (unpaired) electrons. The highest BCUT2D eigenvalue weighted by atomic mass is 16.3. The van der Waals surface area contributed by atoms with E-state index in [-0.39, 0.29) is 6.61 Å². The van der Waals surface area contributed by atoms with Gasteiger partial charge in [0.25, 0.3) is 0 Å². The average Bonchev–Trinajstić information content (AvgIpc) is 3.10. The lowest BCUT2D eigenvalue weighted by Crippen LogP contribution is -2.18. The van der Waals surface area contributed by atoms with Crippen molar-refractivity contribution in [1.82, 2.24) is 10.2 Å². The minimum atomic E-state index is -0.00111. The second-order valence-electron chi connectivity index (χ2n) is 4.65. The first-order valence-electron chi connectivity index (χ1n) is 6.38. The van der Waals surface area contributed by atoms with Gasteiger partial charge in [-0.1, -0.05) is 18.2 Å². The third-order valence-electron chi connectivity index (χ3n) is 3.43. The van der Waals surface area contributed by atoms with Crippen molar-refractivity contribution in [2.24, 2.45) is 0 Å². The van der Waals surface area contributed by atoms with Crippen molar-refractivity contribution in [2.45, 2.75) is 19.4 Å². The smallest absolute Gasteiger partial charge is 0.0945 e. The normalized spacial score (nSPS) is 15.3.